The third kappa shape index (κ3) is 8.65. The van der Waals surface area contributed by atoms with Gasteiger partial charge >= 0.3 is 0 Å². The van der Waals surface area contributed by atoms with Crippen molar-refractivity contribution in [2.75, 3.05) is 12.8 Å². The van der Waals surface area contributed by atoms with E-state index in [1.165, 1.54) is 11.8 Å². The normalized spacial score (nSPS) is 13.5. The molecule has 6 heteroatoms. The summed E-state index contributed by atoms with van der Waals surface area (Å²) in [6, 6.07) is 0. The van der Waals surface area contributed by atoms with Crippen LogP contribution in [0.3, 0.4) is 0 Å². The highest BCUT2D eigenvalue weighted by molar-refractivity contribution is 8.14. The van der Waals surface area contributed by atoms with E-state index in [0.717, 1.165) is 6.26 Å². The second-order valence-electron chi connectivity index (χ2n) is 3.45. The Kier molecular flexibility index (Phi) is 6.16. The minimum Gasteiger partial charge on any atom is -0.282 e. The maximum Gasteiger partial charge on any atom is 0.214 e. The van der Waals surface area contributed by atoms with E-state index in [1.807, 2.05) is 6.92 Å². The number of thioether (sulfide) groups is 1. The Morgan fingerprint density at radius 2 is 2.07 bits per heavy atom. The zero-order valence-corrected chi connectivity index (χ0v) is 10.9. The van der Waals surface area contributed by atoms with Crippen LogP contribution in [-0.4, -0.2) is 31.6 Å². The van der Waals surface area contributed by atoms with Crippen molar-refractivity contribution in [1.82, 2.24) is 4.72 Å². The molecule has 0 saturated carbocycles. The summed E-state index contributed by atoms with van der Waals surface area (Å²) >= 11 is 1.18. The fraction of sp³-hybridized carbons (Fsp3) is 0.667. The third-order valence-corrected chi connectivity index (χ3v) is 3.50. The van der Waals surface area contributed by atoms with Crippen molar-refractivity contribution >= 4 is 26.9 Å². The van der Waals surface area contributed by atoms with Gasteiger partial charge < -0.3 is 0 Å². The van der Waals surface area contributed by atoms with Crippen LogP contribution < -0.4 is 4.72 Å². The van der Waals surface area contributed by atoms with Crippen LogP contribution in [0.25, 0.3) is 0 Å². The lowest BCUT2D eigenvalue weighted by atomic mass is 10.3. The molecule has 0 radical (unpaired) electrons. The Labute approximate surface area is 95.6 Å². The van der Waals surface area contributed by atoms with Crippen molar-refractivity contribution < 1.29 is 13.2 Å². The highest BCUT2D eigenvalue weighted by Crippen LogP contribution is 2.17. The van der Waals surface area contributed by atoms with Crippen LogP contribution in [0.15, 0.2) is 12.2 Å². The molecule has 0 spiro atoms. The number of nitrogens with one attached hydrogen (secondary N) is 1. The van der Waals surface area contributed by atoms with E-state index in [2.05, 4.69) is 11.3 Å². The summed E-state index contributed by atoms with van der Waals surface area (Å²) in [5, 5.41) is 0.0466. The molecular formula is C9H17NO3S2. The zero-order chi connectivity index (χ0) is 12.1. The molecule has 88 valence electrons. The standard InChI is InChI=1S/C9H17NO3S2/c1-7(2)9(11)14-8(3)5-6-10-15(4,12)13/h8,10H,1,5-6H2,2-4H3. The van der Waals surface area contributed by atoms with E-state index in [0.29, 0.717) is 18.5 Å². The van der Waals surface area contributed by atoms with Gasteiger partial charge in [-0.05, 0) is 18.9 Å². The van der Waals surface area contributed by atoms with Gasteiger partial charge in [0.05, 0.1) is 6.26 Å². The molecule has 0 aromatic carbocycles. The van der Waals surface area contributed by atoms with Gasteiger partial charge in [0, 0.05) is 11.8 Å². The van der Waals surface area contributed by atoms with Crippen LogP contribution in [0.2, 0.25) is 0 Å². The maximum absolute atomic E-state index is 11.2. The Hall–Kier alpha value is -0.330. The van der Waals surface area contributed by atoms with Crippen molar-refractivity contribution in [3.63, 3.8) is 0 Å². The van der Waals surface area contributed by atoms with E-state index in [9.17, 15) is 13.2 Å². The van der Waals surface area contributed by atoms with Crippen LogP contribution in [0.1, 0.15) is 20.3 Å². The minimum absolute atomic E-state index is 0.0399. The molecule has 0 saturated heterocycles. The first-order chi connectivity index (χ1) is 6.72. The molecule has 1 unspecified atom stereocenters. The average Bonchev–Trinajstić information content (AvgIpc) is 2.01. The lowest BCUT2D eigenvalue weighted by Crippen LogP contribution is -2.25. The largest absolute Gasteiger partial charge is 0.282 e. The highest BCUT2D eigenvalue weighted by atomic mass is 32.2. The monoisotopic (exact) mass is 251 g/mol. The Balaban J connectivity index is 3.81. The SMILES string of the molecule is C=C(C)C(=O)SC(C)CCNS(C)(=O)=O. The predicted octanol–water partition coefficient (Wildman–Crippen LogP) is 1.15. The van der Waals surface area contributed by atoms with Gasteiger partial charge in [-0.25, -0.2) is 13.1 Å². The molecule has 1 atom stereocenters. The van der Waals surface area contributed by atoms with E-state index in [1.54, 1.807) is 6.92 Å². The predicted molar refractivity (Wildman–Crippen MR) is 64.3 cm³/mol. The molecule has 0 bridgehead atoms. The lowest BCUT2D eigenvalue weighted by molar-refractivity contribution is -0.107. The van der Waals surface area contributed by atoms with Gasteiger partial charge in [0.25, 0.3) is 0 Å². The van der Waals surface area contributed by atoms with Gasteiger partial charge in [0.1, 0.15) is 0 Å². The van der Waals surface area contributed by atoms with E-state index in [4.69, 9.17) is 0 Å². The highest BCUT2D eigenvalue weighted by Gasteiger charge is 2.10. The van der Waals surface area contributed by atoms with Crippen molar-refractivity contribution in [3.8, 4) is 0 Å². The second kappa shape index (κ2) is 6.30. The first-order valence-corrected chi connectivity index (χ1v) is 7.30. The number of carbonyl (C=O) groups excluding carboxylic acids is 1. The fourth-order valence-corrected chi connectivity index (χ4v) is 2.08. The Bertz CT molecular complexity index is 335. The van der Waals surface area contributed by atoms with E-state index in [-0.39, 0.29) is 10.4 Å². The van der Waals surface area contributed by atoms with Crippen LogP contribution >= 0.6 is 11.8 Å². The van der Waals surface area contributed by atoms with Crippen LogP contribution in [-0.2, 0) is 14.8 Å². The number of rotatable bonds is 6. The van der Waals surface area contributed by atoms with E-state index >= 15 is 0 Å². The zero-order valence-electron chi connectivity index (χ0n) is 9.24. The molecular weight excluding hydrogens is 234 g/mol. The molecule has 15 heavy (non-hydrogen) atoms. The fourth-order valence-electron chi connectivity index (χ4n) is 0.790. The van der Waals surface area contributed by atoms with Crippen LogP contribution in [0.5, 0.6) is 0 Å². The molecule has 0 aliphatic rings. The Morgan fingerprint density at radius 1 is 1.53 bits per heavy atom. The number of hydrogen-bond acceptors (Lipinski definition) is 4. The molecule has 0 aliphatic heterocycles. The van der Waals surface area contributed by atoms with Gasteiger partial charge in [0.15, 0.2) is 0 Å². The van der Waals surface area contributed by atoms with Crippen molar-refractivity contribution in [3.05, 3.63) is 12.2 Å². The molecule has 4 nitrogen and oxygen atoms in total. The van der Waals surface area contributed by atoms with Gasteiger partial charge in [0.2, 0.25) is 15.1 Å². The first kappa shape index (κ1) is 14.7. The first-order valence-electron chi connectivity index (χ1n) is 4.53. The van der Waals surface area contributed by atoms with Crippen LogP contribution in [0.4, 0.5) is 0 Å². The summed E-state index contributed by atoms with van der Waals surface area (Å²) in [5.41, 5.74) is 0.517. The van der Waals surface area contributed by atoms with Crippen molar-refractivity contribution in [2.24, 2.45) is 0 Å². The average molecular weight is 251 g/mol. The molecule has 1 N–H and O–H groups in total. The Morgan fingerprint density at radius 3 is 2.47 bits per heavy atom. The van der Waals surface area contributed by atoms with Crippen molar-refractivity contribution in [2.45, 2.75) is 25.5 Å². The summed E-state index contributed by atoms with van der Waals surface area (Å²) in [6.45, 7) is 7.45. The maximum atomic E-state index is 11.2. The van der Waals surface area contributed by atoms with Crippen LogP contribution in [0, 0.1) is 0 Å². The number of sulfonamides is 1. The summed E-state index contributed by atoms with van der Waals surface area (Å²) in [7, 11) is -3.13. The molecule has 0 rings (SSSR count). The summed E-state index contributed by atoms with van der Waals surface area (Å²) < 4.78 is 23.9. The quantitative estimate of drug-likeness (QED) is 0.719. The smallest absolute Gasteiger partial charge is 0.214 e. The summed E-state index contributed by atoms with van der Waals surface area (Å²) in [5.74, 6) is 0. The minimum atomic E-state index is -3.13. The lowest BCUT2D eigenvalue weighted by Gasteiger charge is -2.09. The van der Waals surface area contributed by atoms with Crippen molar-refractivity contribution in [1.29, 1.82) is 0 Å². The molecule has 0 fully saturated rings. The molecule has 0 aliphatic carbocycles. The third-order valence-electron chi connectivity index (χ3n) is 1.57. The summed E-state index contributed by atoms with van der Waals surface area (Å²) in [4.78, 5) is 11.2. The topological polar surface area (TPSA) is 63.2 Å². The van der Waals surface area contributed by atoms with Gasteiger partial charge in [-0.1, -0.05) is 25.3 Å². The van der Waals surface area contributed by atoms with Gasteiger partial charge in [-0.3, -0.25) is 4.79 Å². The van der Waals surface area contributed by atoms with E-state index < -0.39 is 10.0 Å². The molecule has 0 amide bonds. The molecule has 0 aromatic rings. The second-order valence-corrected chi connectivity index (χ2v) is 6.70. The number of carbonyl (C=O) groups is 1. The van der Waals surface area contributed by atoms with Gasteiger partial charge in [-0.15, -0.1) is 0 Å². The number of hydrogen-bond donors (Lipinski definition) is 1. The molecule has 0 heterocycles. The van der Waals surface area contributed by atoms with Gasteiger partial charge in [-0.2, -0.15) is 0 Å². The summed E-state index contributed by atoms with van der Waals surface area (Å²) in [6.07, 6.45) is 1.74. The molecule has 0 aromatic heterocycles.